The Bertz CT molecular complexity index is 369. The molecule has 0 radical (unpaired) electrons. The van der Waals surface area contributed by atoms with Crippen molar-refractivity contribution in [3.8, 4) is 0 Å². The van der Waals surface area contributed by atoms with Crippen molar-refractivity contribution >= 4 is 22.7 Å². The molecule has 0 spiro atoms. The Morgan fingerprint density at radius 1 is 0.562 bits per heavy atom. The smallest absolute Gasteiger partial charge is 0.0805 e. The first-order chi connectivity index (χ1) is 7.29. The average Bonchev–Trinajstić information content (AvgIpc) is 2.18. The molecule has 8 N–H and O–H groups in total. The third kappa shape index (κ3) is 1.75. The van der Waals surface area contributed by atoms with E-state index in [0.29, 0.717) is 22.7 Å². The number of anilines is 4. The van der Waals surface area contributed by atoms with E-state index in [1.807, 2.05) is 0 Å². The summed E-state index contributed by atoms with van der Waals surface area (Å²) in [6.45, 7) is 8.30. The number of hydrogen-bond donors (Lipinski definition) is 4. The Kier molecular flexibility index (Phi) is 3.21. The van der Waals surface area contributed by atoms with Gasteiger partial charge in [0.2, 0.25) is 0 Å². The predicted octanol–water partition coefficient (Wildman–Crippen LogP) is 2.26. The van der Waals surface area contributed by atoms with Gasteiger partial charge in [-0.25, -0.2) is 0 Å². The van der Waals surface area contributed by atoms with Crippen LogP contribution >= 0.6 is 0 Å². The standard InChI is InChI=1S/C12H22N4/c1-5(2)7-8(6(3)4)10(14)12(16)11(15)9(7)13/h5-6H,13-16H2,1-4H3. The molecule has 1 aromatic carbocycles. The molecule has 0 aliphatic rings. The first-order valence-corrected chi connectivity index (χ1v) is 5.54. The maximum Gasteiger partial charge on any atom is 0.0805 e. The Morgan fingerprint density at radius 2 is 0.812 bits per heavy atom. The molecule has 0 saturated heterocycles. The van der Waals surface area contributed by atoms with E-state index in [4.69, 9.17) is 22.9 Å². The maximum absolute atomic E-state index is 6.03. The molecule has 0 saturated carbocycles. The Labute approximate surface area is 97.0 Å². The molecule has 0 aromatic heterocycles. The van der Waals surface area contributed by atoms with Gasteiger partial charge in [-0.05, 0) is 23.0 Å². The Morgan fingerprint density at radius 3 is 1.00 bits per heavy atom. The highest BCUT2D eigenvalue weighted by molar-refractivity contribution is 5.91. The lowest BCUT2D eigenvalue weighted by molar-refractivity contribution is 0.796. The minimum atomic E-state index is 0.280. The molecule has 0 aliphatic heterocycles. The van der Waals surface area contributed by atoms with Gasteiger partial charge in [-0.1, -0.05) is 27.7 Å². The van der Waals surface area contributed by atoms with E-state index in [9.17, 15) is 0 Å². The predicted molar refractivity (Wildman–Crippen MR) is 72.3 cm³/mol. The van der Waals surface area contributed by atoms with Crippen LogP contribution in [0.3, 0.4) is 0 Å². The van der Waals surface area contributed by atoms with Gasteiger partial charge in [-0.3, -0.25) is 0 Å². The molecule has 4 heteroatoms. The molecule has 0 unspecified atom stereocenters. The van der Waals surface area contributed by atoms with Crippen LogP contribution in [0.4, 0.5) is 22.7 Å². The van der Waals surface area contributed by atoms with Gasteiger partial charge in [-0.15, -0.1) is 0 Å². The topological polar surface area (TPSA) is 104 Å². The van der Waals surface area contributed by atoms with Gasteiger partial charge in [0, 0.05) is 0 Å². The second-order valence-electron chi connectivity index (χ2n) is 4.79. The average molecular weight is 222 g/mol. The van der Waals surface area contributed by atoms with Gasteiger partial charge in [0.05, 0.1) is 22.7 Å². The molecule has 0 fully saturated rings. The first-order valence-electron chi connectivity index (χ1n) is 5.54. The molecular weight excluding hydrogens is 200 g/mol. The molecule has 4 nitrogen and oxygen atoms in total. The van der Waals surface area contributed by atoms with Crippen LogP contribution < -0.4 is 22.9 Å². The highest BCUT2D eigenvalue weighted by atomic mass is 14.8. The van der Waals surface area contributed by atoms with Crippen LogP contribution in [-0.2, 0) is 0 Å². The summed E-state index contributed by atoms with van der Waals surface area (Å²) in [4.78, 5) is 0. The fourth-order valence-electron chi connectivity index (χ4n) is 2.11. The van der Waals surface area contributed by atoms with Gasteiger partial charge >= 0.3 is 0 Å². The monoisotopic (exact) mass is 222 g/mol. The van der Waals surface area contributed by atoms with E-state index in [-0.39, 0.29) is 11.8 Å². The van der Waals surface area contributed by atoms with Crippen molar-refractivity contribution in [2.45, 2.75) is 39.5 Å². The van der Waals surface area contributed by atoms with E-state index < -0.39 is 0 Å². The second-order valence-corrected chi connectivity index (χ2v) is 4.79. The zero-order valence-electron chi connectivity index (χ0n) is 10.5. The highest BCUT2D eigenvalue weighted by Gasteiger charge is 2.21. The van der Waals surface area contributed by atoms with Crippen LogP contribution in [0.2, 0.25) is 0 Å². The normalized spacial score (nSPS) is 11.4. The van der Waals surface area contributed by atoms with Gasteiger partial charge in [0.15, 0.2) is 0 Å². The highest BCUT2D eigenvalue weighted by Crippen LogP contribution is 2.43. The van der Waals surface area contributed by atoms with E-state index >= 15 is 0 Å². The number of rotatable bonds is 2. The molecule has 1 rings (SSSR count). The SMILES string of the molecule is CC(C)c1c(N)c(N)c(N)c(N)c1C(C)C. The van der Waals surface area contributed by atoms with E-state index in [1.54, 1.807) is 0 Å². The van der Waals surface area contributed by atoms with Crippen molar-refractivity contribution in [3.05, 3.63) is 11.1 Å². The first kappa shape index (κ1) is 12.5. The number of nitrogen functional groups attached to an aromatic ring is 4. The quantitative estimate of drug-likeness (QED) is 0.576. The Hall–Kier alpha value is -1.58. The van der Waals surface area contributed by atoms with E-state index in [1.165, 1.54) is 0 Å². The third-order valence-electron chi connectivity index (χ3n) is 2.90. The molecule has 1 aromatic rings. The fraction of sp³-hybridized carbons (Fsp3) is 0.500. The van der Waals surface area contributed by atoms with E-state index in [2.05, 4.69) is 27.7 Å². The lowest BCUT2D eigenvalue weighted by Crippen LogP contribution is -2.13. The zero-order valence-corrected chi connectivity index (χ0v) is 10.5. The molecule has 0 atom stereocenters. The van der Waals surface area contributed by atoms with Crippen LogP contribution in [-0.4, -0.2) is 0 Å². The fourth-order valence-corrected chi connectivity index (χ4v) is 2.11. The van der Waals surface area contributed by atoms with Crippen LogP contribution in [0.1, 0.15) is 50.7 Å². The summed E-state index contributed by atoms with van der Waals surface area (Å²) in [6, 6.07) is 0. The number of benzene rings is 1. The van der Waals surface area contributed by atoms with Crippen molar-refractivity contribution in [3.63, 3.8) is 0 Å². The molecule has 0 heterocycles. The van der Waals surface area contributed by atoms with Crippen LogP contribution in [0, 0.1) is 0 Å². The van der Waals surface area contributed by atoms with Gasteiger partial charge < -0.3 is 22.9 Å². The maximum atomic E-state index is 6.03. The summed E-state index contributed by atoms with van der Waals surface area (Å²) in [5.41, 5.74) is 27.8. The van der Waals surface area contributed by atoms with Crippen LogP contribution in [0.5, 0.6) is 0 Å². The lowest BCUT2D eigenvalue weighted by atomic mass is 9.86. The van der Waals surface area contributed by atoms with Crippen molar-refractivity contribution in [2.24, 2.45) is 0 Å². The second kappa shape index (κ2) is 4.12. The summed E-state index contributed by atoms with van der Waals surface area (Å²) in [6.07, 6.45) is 0. The third-order valence-corrected chi connectivity index (χ3v) is 2.90. The summed E-state index contributed by atoms with van der Waals surface area (Å²) < 4.78 is 0. The molecule has 16 heavy (non-hydrogen) atoms. The molecular formula is C12H22N4. The minimum absolute atomic E-state index is 0.280. The van der Waals surface area contributed by atoms with Crippen molar-refractivity contribution in [1.29, 1.82) is 0 Å². The van der Waals surface area contributed by atoms with Gasteiger partial charge in [0.25, 0.3) is 0 Å². The summed E-state index contributed by atoms with van der Waals surface area (Å²) in [7, 11) is 0. The minimum Gasteiger partial charge on any atom is -0.397 e. The molecule has 0 aliphatic carbocycles. The lowest BCUT2D eigenvalue weighted by Gasteiger charge is -2.23. The molecule has 90 valence electrons. The molecule has 0 bridgehead atoms. The van der Waals surface area contributed by atoms with Crippen molar-refractivity contribution < 1.29 is 0 Å². The summed E-state index contributed by atoms with van der Waals surface area (Å²) >= 11 is 0. The van der Waals surface area contributed by atoms with Crippen LogP contribution in [0.25, 0.3) is 0 Å². The Balaban J connectivity index is 3.69. The van der Waals surface area contributed by atoms with Gasteiger partial charge in [0.1, 0.15) is 0 Å². The van der Waals surface area contributed by atoms with Crippen molar-refractivity contribution in [1.82, 2.24) is 0 Å². The number of hydrogen-bond acceptors (Lipinski definition) is 4. The zero-order chi connectivity index (χ0) is 12.6. The van der Waals surface area contributed by atoms with Gasteiger partial charge in [-0.2, -0.15) is 0 Å². The summed E-state index contributed by atoms with van der Waals surface area (Å²) in [5.74, 6) is 0.560. The summed E-state index contributed by atoms with van der Waals surface area (Å²) in [5, 5.41) is 0. The number of nitrogens with two attached hydrogens (primary N) is 4. The van der Waals surface area contributed by atoms with Crippen LogP contribution in [0.15, 0.2) is 0 Å². The largest absolute Gasteiger partial charge is 0.397 e. The van der Waals surface area contributed by atoms with E-state index in [0.717, 1.165) is 11.1 Å². The van der Waals surface area contributed by atoms with Crippen molar-refractivity contribution in [2.75, 3.05) is 22.9 Å². The molecule has 0 amide bonds.